The molecule has 1 aliphatic carbocycles. The molecule has 1 aliphatic rings. The van der Waals surface area contributed by atoms with E-state index in [1.165, 1.54) is 0 Å². The second-order valence-corrected chi connectivity index (χ2v) is 7.52. The normalized spacial score (nSPS) is 24.0. The molecule has 0 spiro atoms. The molecule has 0 aromatic heterocycles. The van der Waals surface area contributed by atoms with E-state index in [0.717, 1.165) is 31.2 Å². The highest BCUT2D eigenvalue weighted by atomic mass is 16.3. The average Bonchev–Trinajstić information content (AvgIpc) is 2.52. The summed E-state index contributed by atoms with van der Waals surface area (Å²) < 4.78 is 23.1. The molecule has 0 heterocycles. The van der Waals surface area contributed by atoms with Crippen molar-refractivity contribution in [2.75, 3.05) is 0 Å². The van der Waals surface area contributed by atoms with Gasteiger partial charge in [-0.25, -0.2) is 0 Å². The van der Waals surface area contributed by atoms with Gasteiger partial charge in [-0.15, -0.1) is 0 Å². The number of hydrogen-bond acceptors (Lipinski definition) is 3. The zero-order valence-electron chi connectivity index (χ0n) is 18.0. The van der Waals surface area contributed by atoms with E-state index in [0.29, 0.717) is 24.0 Å². The van der Waals surface area contributed by atoms with Gasteiger partial charge in [-0.1, -0.05) is 31.4 Å². The van der Waals surface area contributed by atoms with Gasteiger partial charge in [-0.05, 0) is 70.0 Å². The van der Waals surface area contributed by atoms with Crippen molar-refractivity contribution in [2.45, 2.75) is 77.7 Å². The Kier molecular flexibility index (Phi) is 4.70. The van der Waals surface area contributed by atoms with Crippen molar-refractivity contribution in [3.8, 4) is 11.5 Å². The van der Waals surface area contributed by atoms with Crippen LogP contribution in [0, 0.1) is 5.92 Å². The molecule has 0 fully saturated rings. The Balaban J connectivity index is 2.46. The van der Waals surface area contributed by atoms with Gasteiger partial charge in [0.1, 0.15) is 11.5 Å². The lowest BCUT2D eigenvalue weighted by Crippen LogP contribution is -2.36. The lowest BCUT2D eigenvalue weighted by Gasteiger charge is -2.38. The fourth-order valence-corrected chi connectivity index (χ4v) is 3.73. The molecule has 3 heteroatoms. The quantitative estimate of drug-likeness (QED) is 0.504. The highest BCUT2D eigenvalue weighted by molar-refractivity contribution is 5.51. The van der Waals surface area contributed by atoms with Gasteiger partial charge in [-0.2, -0.15) is 0 Å². The molecule has 0 aliphatic heterocycles. The molecule has 1 aromatic carbocycles. The summed E-state index contributed by atoms with van der Waals surface area (Å²) in [7, 11) is 0. The maximum Gasteiger partial charge on any atom is 0.123 e. The highest BCUT2D eigenvalue weighted by Gasteiger charge is 2.38. The molecular weight excluding hydrogens is 300 g/mol. The van der Waals surface area contributed by atoms with Crippen LogP contribution in [0.25, 0.3) is 0 Å². The smallest absolute Gasteiger partial charge is 0.123 e. The number of unbranched alkanes of at least 4 members (excludes halogenated alkanes) is 2. The lowest BCUT2D eigenvalue weighted by molar-refractivity contribution is 0.00421. The molecule has 2 atom stereocenters. The minimum absolute atomic E-state index is 0.0382. The van der Waals surface area contributed by atoms with Gasteiger partial charge in [0.15, 0.2) is 0 Å². The van der Waals surface area contributed by atoms with Crippen molar-refractivity contribution >= 4 is 0 Å². The van der Waals surface area contributed by atoms with Crippen LogP contribution >= 0.6 is 0 Å². The maximum absolute atomic E-state index is 10.6. The minimum atomic E-state index is -2.21. The molecule has 1 aromatic rings. The van der Waals surface area contributed by atoms with Gasteiger partial charge in [0, 0.05) is 15.6 Å². The summed E-state index contributed by atoms with van der Waals surface area (Å²) in [5.41, 5.74) is 0.416. The largest absolute Gasteiger partial charge is 0.507 e. The lowest BCUT2D eigenvalue weighted by atomic mass is 9.69. The second kappa shape index (κ2) is 7.60. The van der Waals surface area contributed by atoms with E-state index in [1.807, 2.05) is 0 Å². The number of hydrogen-bond donors (Lipinski definition) is 3. The zero-order chi connectivity index (χ0) is 20.4. The van der Waals surface area contributed by atoms with E-state index in [4.69, 9.17) is 4.11 Å². The Bertz CT molecular complexity index is 664. The topological polar surface area (TPSA) is 60.7 Å². The van der Waals surface area contributed by atoms with Crippen molar-refractivity contribution < 1.29 is 19.4 Å². The fourth-order valence-electron chi connectivity index (χ4n) is 3.73. The number of allylic oxidation sites excluding steroid dienone is 2. The van der Waals surface area contributed by atoms with E-state index < -0.39 is 18.4 Å². The fraction of sp³-hybridized carbons (Fsp3) is 0.619. The van der Waals surface area contributed by atoms with Crippen LogP contribution in [0.15, 0.2) is 23.8 Å². The molecule has 24 heavy (non-hydrogen) atoms. The monoisotopic (exact) mass is 335 g/mol. The van der Waals surface area contributed by atoms with Crippen molar-refractivity contribution in [1.29, 1.82) is 0 Å². The first kappa shape index (κ1) is 14.8. The highest BCUT2D eigenvalue weighted by Crippen LogP contribution is 2.47. The zero-order valence-corrected chi connectivity index (χ0v) is 15.0. The second-order valence-electron chi connectivity index (χ2n) is 7.52. The average molecular weight is 336 g/mol. The molecule has 3 N–H and O–H groups in total. The molecule has 0 radical (unpaired) electrons. The summed E-state index contributed by atoms with van der Waals surface area (Å²) in [6.07, 6.45) is 6.39. The SMILES string of the molecule is [2H]C([2H])([2H])C1=CC(c2c(O)cc(CCCCC)cc2O)[C@@H](C(C)(C)O)CC1. The summed E-state index contributed by atoms with van der Waals surface area (Å²) in [4.78, 5) is 0. The Morgan fingerprint density at radius 1 is 1.21 bits per heavy atom. The molecule has 3 nitrogen and oxygen atoms in total. The summed E-state index contributed by atoms with van der Waals surface area (Å²) in [6.45, 7) is 3.28. The van der Waals surface area contributed by atoms with E-state index >= 15 is 0 Å². The summed E-state index contributed by atoms with van der Waals surface area (Å²) in [6, 6.07) is 3.31. The first-order chi connectivity index (χ1) is 12.4. The molecular formula is C21H32O3. The molecule has 134 valence electrons. The van der Waals surface area contributed by atoms with Crippen LogP contribution in [0.4, 0.5) is 0 Å². The first-order valence-corrected chi connectivity index (χ1v) is 8.93. The molecule has 0 saturated heterocycles. The van der Waals surface area contributed by atoms with Crippen LogP contribution in [0.2, 0.25) is 0 Å². The first-order valence-electron chi connectivity index (χ1n) is 10.4. The Morgan fingerprint density at radius 2 is 1.88 bits per heavy atom. The van der Waals surface area contributed by atoms with Crippen LogP contribution in [-0.4, -0.2) is 20.9 Å². The van der Waals surface area contributed by atoms with Crippen LogP contribution in [0.1, 0.15) is 80.9 Å². The minimum Gasteiger partial charge on any atom is -0.507 e. The van der Waals surface area contributed by atoms with Crippen molar-refractivity contribution in [3.05, 3.63) is 34.9 Å². The van der Waals surface area contributed by atoms with Crippen LogP contribution in [0.3, 0.4) is 0 Å². The molecule has 2 rings (SSSR count). The number of rotatable bonds is 6. The van der Waals surface area contributed by atoms with Gasteiger partial charge in [0.05, 0.1) is 5.60 Å². The third-order valence-corrected chi connectivity index (χ3v) is 5.04. The van der Waals surface area contributed by atoms with Gasteiger partial charge < -0.3 is 15.3 Å². The van der Waals surface area contributed by atoms with Crippen LogP contribution < -0.4 is 0 Å². The summed E-state index contributed by atoms with van der Waals surface area (Å²) >= 11 is 0. The number of benzene rings is 1. The number of aliphatic hydroxyl groups is 1. The van der Waals surface area contributed by atoms with Crippen LogP contribution in [-0.2, 0) is 6.42 Å². The van der Waals surface area contributed by atoms with Crippen molar-refractivity contribution in [3.63, 3.8) is 0 Å². The van der Waals surface area contributed by atoms with Gasteiger partial charge in [0.2, 0.25) is 0 Å². The van der Waals surface area contributed by atoms with E-state index in [2.05, 4.69) is 6.92 Å². The molecule has 1 unspecified atom stereocenters. The molecule has 0 bridgehead atoms. The van der Waals surface area contributed by atoms with Gasteiger partial charge >= 0.3 is 0 Å². The maximum atomic E-state index is 10.6. The van der Waals surface area contributed by atoms with Gasteiger partial charge in [-0.3, -0.25) is 0 Å². The van der Waals surface area contributed by atoms with Crippen LogP contribution in [0.5, 0.6) is 11.5 Å². The van der Waals surface area contributed by atoms with Gasteiger partial charge in [0.25, 0.3) is 0 Å². The van der Waals surface area contributed by atoms with E-state index in [1.54, 1.807) is 32.1 Å². The number of phenolic OH excluding ortho intramolecular Hbond substituents is 2. The van der Waals surface area contributed by atoms with E-state index in [9.17, 15) is 15.3 Å². The van der Waals surface area contributed by atoms with Crippen molar-refractivity contribution in [2.24, 2.45) is 5.92 Å². The Hall–Kier alpha value is -1.48. The number of aryl methyl sites for hydroxylation is 1. The summed E-state index contributed by atoms with van der Waals surface area (Å²) in [5, 5.41) is 31.9. The predicted molar refractivity (Wildman–Crippen MR) is 98.5 cm³/mol. The molecule has 0 saturated carbocycles. The Labute approximate surface area is 150 Å². The summed E-state index contributed by atoms with van der Waals surface area (Å²) in [5.74, 6) is -0.933. The Morgan fingerprint density at radius 3 is 2.42 bits per heavy atom. The number of phenols is 2. The standard InChI is InChI=1S/C21H32O3/c1-5-6-7-8-15-12-18(22)20(19(23)13-15)16-11-14(2)9-10-17(16)21(3,4)24/h11-13,16-17,22-24H,5-10H2,1-4H3/t16?,17-/m0/s1/i2D3. The molecule has 0 amide bonds. The van der Waals surface area contributed by atoms with E-state index in [-0.39, 0.29) is 17.4 Å². The third-order valence-electron chi connectivity index (χ3n) is 5.04. The van der Waals surface area contributed by atoms with Crippen molar-refractivity contribution in [1.82, 2.24) is 0 Å². The number of aromatic hydroxyl groups is 2. The predicted octanol–water partition coefficient (Wildman–Crippen LogP) is 5.04. The third kappa shape index (κ3) is 4.32.